The van der Waals surface area contributed by atoms with Crippen molar-refractivity contribution in [2.45, 2.75) is 11.8 Å². The van der Waals surface area contributed by atoms with Crippen LogP contribution in [0.25, 0.3) is 0 Å². The van der Waals surface area contributed by atoms with Gasteiger partial charge in [0, 0.05) is 11.3 Å². The monoisotopic (exact) mass is 270 g/mol. The van der Waals surface area contributed by atoms with Crippen molar-refractivity contribution in [2.75, 3.05) is 7.11 Å². The first-order valence-corrected chi connectivity index (χ1v) is 6.52. The van der Waals surface area contributed by atoms with E-state index in [1.165, 1.54) is 18.1 Å². The van der Waals surface area contributed by atoms with Gasteiger partial charge in [0.15, 0.2) is 11.6 Å². The number of ether oxygens (including phenoxy) is 1. The van der Waals surface area contributed by atoms with Crippen molar-refractivity contribution in [3.8, 4) is 5.75 Å². The van der Waals surface area contributed by atoms with Crippen molar-refractivity contribution in [3.05, 3.63) is 52.0 Å². The van der Waals surface area contributed by atoms with Gasteiger partial charge in [0.25, 0.3) is 0 Å². The van der Waals surface area contributed by atoms with Crippen LogP contribution >= 0.6 is 22.9 Å². The van der Waals surface area contributed by atoms with Gasteiger partial charge in [-0.15, -0.1) is 22.9 Å². The van der Waals surface area contributed by atoms with E-state index in [1.54, 1.807) is 23.5 Å². The fourth-order valence-corrected chi connectivity index (χ4v) is 2.75. The molecule has 1 heterocycles. The molecule has 0 radical (unpaired) electrons. The molecule has 1 unspecified atom stereocenters. The zero-order valence-electron chi connectivity index (χ0n) is 9.32. The highest BCUT2D eigenvalue weighted by Crippen LogP contribution is 2.29. The van der Waals surface area contributed by atoms with Crippen LogP contribution in [0.4, 0.5) is 4.39 Å². The maximum Gasteiger partial charge on any atom is 0.165 e. The molecule has 1 aromatic carbocycles. The van der Waals surface area contributed by atoms with Gasteiger partial charge >= 0.3 is 0 Å². The van der Waals surface area contributed by atoms with Crippen molar-refractivity contribution in [3.63, 3.8) is 0 Å². The molecule has 0 aliphatic heterocycles. The lowest BCUT2D eigenvalue weighted by Gasteiger charge is -2.10. The van der Waals surface area contributed by atoms with Gasteiger partial charge < -0.3 is 4.74 Å². The molecule has 0 aliphatic rings. The molecule has 0 saturated carbocycles. The lowest BCUT2D eigenvalue weighted by molar-refractivity contribution is 0.386. The largest absolute Gasteiger partial charge is 0.494 e. The second-order valence-electron chi connectivity index (χ2n) is 3.65. The Bertz CT molecular complexity index is 484. The predicted octanol–water partition coefficient (Wildman–Crippen LogP) is 4.42. The smallest absolute Gasteiger partial charge is 0.165 e. The van der Waals surface area contributed by atoms with Gasteiger partial charge in [0.1, 0.15) is 0 Å². The maximum absolute atomic E-state index is 13.5. The standard InChI is InChI=1S/C13H12ClFOS/c1-16-13-5-4-9(7-12(13)15)11(14)8-10-3-2-6-17-10/h2-7,11H,8H2,1H3. The molecule has 2 aromatic rings. The molecule has 0 bridgehead atoms. The van der Waals surface area contributed by atoms with Crippen molar-refractivity contribution >= 4 is 22.9 Å². The fourth-order valence-electron chi connectivity index (χ4n) is 1.60. The Balaban J connectivity index is 2.14. The van der Waals surface area contributed by atoms with Crippen LogP contribution in [0.2, 0.25) is 0 Å². The van der Waals surface area contributed by atoms with E-state index in [0.29, 0.717) is 6.42 Å². The number of hydrogen-bond donors (Lipinski definition) is 0. The quantitative estimate of drug-likeness (QED) is 0.748. The first-order chi connectivity index (χ1) is 8.20. The third-order valence-electron chi connectivity index (χ3n) is 2.50. The van der Waals surface area contributed by atoms with Gasteiger partial charge in [-0.2, -0.15) is 0 Å². The number of halogens is 2. The zero-order valence-corrected chi connectivity index (χ0v) is 10.9. The van der Waals surface area contributed by atoms with Crippen LogP contribution in [0.1, 0.15) is 15.8 Å². The molecule has 0 N–H and O–H groups in total. The van der Waals surface area contributed by atoms with Crippen LogP contribution in [-0.4, -0.2) is 7.11 Å². The van der Waals surface area contributed by atoms with Gasteiger partial charge in [-0.25, -0.2) is 4.39 Å². The highest BCUT2D eigenvalue weighted by molar-refractivity contribution is 7.09. The molecular formula is C13H12ClFOS. The zero-order chi connectivity index (χ0) is 12.3. The Kier molecular flexibility index (Phi) is 4.02. The summed E-state index contributed by atoms with van der Waals surface area (Å²) in [5.41, 5.74) is 0.776. The van der Waals surface area contributed by atoms with Gasteiger partial charge in [-0.05, 0) is 29.1 Å². The first-order valence-electron chi connectivity index (χ1n) is 5.20. The first kappa shape index (κ1) is 12.4. The normalized spacial score (nSPS) is 12.4. The van der Waals surface area contributed by atoms with Crippen LogP contribution in [0, 0.1) is 5.82 Å². The number of rotatable bonds is 4. The summed E-state index contributed by atoms with van der Waals surface area (Å²) in [4.78, 5) is 1.20. The Morgan fingerprint density at radius 1 is 1.41 bits per heavy atom. The molecule has 4 heteroatoms. The van der Waals surface area contributed by atoms with Crippen molar-refractivity contribution < 1.29 is 9.13 Å². The summed E-state index contributed by atoms with van der Waals surface area (Å²) in [7, 11) is 1.45. The Hall–Kier alpha value is -1.06. The molecule has 0 amide bonds. The van der Waals surface area contributed by atoms with Crippen LogP contribution in [-0.2, 0) is 6.42 Å². The molecule has 1 aromatic heterocycles. The van der Waals surface area contributed by atoms with Crippen LogP contribution in [0.15, 0.2) is 35.7 Å². The summed E-state index contributed by atoms with van der Waals surface area (Å²) in [5.74, 6) is -0.129. The highest BCUT2D eigenvalue weighted by Gasteiger charge is 2.12. The fraction of sp³-hybridized carbons (Fsp3) is 0.231. The van der Waals surface area contributed by atoms with Crippen molar-refractivity contribution in [2.24, 2.45) is 0 Å². The lowest BCUT2D eigenvalue weighted by atomic mass is 10.1. The average Bonchev–Trinajstić information content (AvgIpc) is 2.81. The second kappa shape index (κ2) is 5.52. The molecular weight excluding hydrogens is 259 g/mol. The topological polar surface area (TPSA) is 9.23 Å². The molecule has 90 valence electrons. The summed E-state index contributed by atoms with van der Waals surface area (Å²) in [6.45, 7) is 0. The van der Waals surface area contributed by atoms with E-state index >= 15 is 0 Å². The van der Waals surface area contributed by atoms with Gasteiger partial charge in [-0.1, -0.05) is 12.1 Å². The molecule has 0 aliphatic carbocycles. The molecule has 2 rings (SSSR count). The van der Waals surface area contributed by atoms with E-state index in [1.807, 2.05) is 17.5 Å². The Morgan fingerprint density at radius 2 is 2.24 bits per heavy atom. The van der Waals surface area contributed by atoms with Crippen molar-refractivity contribution in [1.29, 1.82) is 0 Å². The van der Waals surface area contributed by atoms with E-state index in [-0.39, 0.29) is 16.9 Å². The third-order valence-corrected chi connectivity index (χ3v) is 3.80. The minimum absolute atomic E-state index is 0.214. The van der Waals surface area contributed by atoms with E-state index in [0.717, 1.165) is 5.56 Å². The number of hydrogen-bond acceptors (Lipinski definition) is 2. The number of thiophene rings is 1. The van der Waals surface area contributed by atoms with E-state index < -0.39 is 0 Å². The minimum Gasteiger partial charge on any atom is -0.494 e. The summed E-state index contributed by atoms with van der Waals surface area (Å²) in [6.07, 6.45) is 0.713. The second-order valence-corrected chi connectivity index (χ2v) is 5.20. The molecule has 1 nitrogen and oxygen atoms in total. The highest BCUT2D eigenvalue weighted by atomic mass is 35.5. The van der Waals surface area contributed by atoms with Crippen LogP contribution in [0.3, 0.4) is 0 Å². The molecule has 0 saturated heterocycles. The van der Waals surface area contributed by atoms with Crippen molar-refractivity contribution in [1.82, 2.24) is 0 Å². The van der Waals surface area contributed by atoms with Crippen LogP contribution in [0.5, 0.6) is 5.75 Å². The molecule has 17 heavy (non-hydrogen) atoms. The summed E-state index contributed by atoms with van der Waals surface area (Å²) in [5, 5.41) is 1.79. The minimum atomic E-state index is -0.373. The summed E-state index contributed by atoms with van der Waals surface area (Å²) >= 11 is 7.92. The Labute approximate surface area is 109 Å². The Morgan fingerprint density at radius 3 is 2.82 bits per heavy atom. The molecule has 0 spiro atoms. The SMILES string of the molecule is COc1ccc(C(Cl)Cc2cccs2)cc1F. The maximum atomic E-state index is 13.5. The van der Waals surface area contributed by atoms with E-state index in [9.17, 15) is 4.39 Å². The van der Waals surface area contributed by atoms with Gasteiger partial charge in [0.05, 0.1) is 12.5 Å². The van der Waals surface area contributed by atoms with E-state index in [2.05, 4.69) is 0 Å². The predicted molar refractivity (Wildman–Crippen MR) is 69.6 cm³/mol. The average molecular weight is 271 g/mol. The third kappa shape index (κ3) is 2.99. The number of alkyl halides is 1. The number of benzene rings is 1. The van der Waals surface area contributed by atoms with E-state index in [4.69, 9.17) is 16.3 Å². The number of methoxy groups -OCH3 is 1. The molecule has 1 atom stereocenters. The van der Waals surface area contributed by atoms with Gasteiger partial charge in [0.2, 0.25) is 0 Å². The van der Waals surface area contributed by atoms with Gasteiger partial charge in [-0.3, -0.25) is 0 Å². The summed E-state index contributed by atoms with van der Waals surface area (Å²) < 4.78 is 18.4. The lowest BCUT2D eigenvalue weighted by Crippen LogP contribution is -1.96. The summed E-state index contributed by atoms with van der Waals surface area (Å²) in [6, 6.07) is 8.85. The van der Waals surface area contributed by atoms with Crippen LogP contribution < -0.4 is 4.74 Å². The molecule has 0 fully saturated rings.